The van der Waals surface area contributed by atoms with Crippen molar-refractivity contribution in [3.8, 4) is 0 Å². The van der Waals surface area contributed by atoms with Crippen LogP contribution in [0.25, 0.3) is 0 Å². The van der Waals surface area contributed by atoms with Crippen molar-refractivity contribution >= 4 is 21.6 Å². The van der Waals surface area contributed by atoms with E-state index < -0.39 is 10.0 Å². The fourth-order valence-electron chi connectivity index (χ4n) is 4.05. The molecule has 27 heavy (non-hydrogen) atoms. The topological polar surface area (TPSA) is 66.5 Å². The van der Waals surface area contributed by atoms with E-state index >= 15 is 0 Å². The molecule has 142 valence electrons. The van der Waals surface area contributed by atoms with E-state index in [-0.39, 0.29) is 16.7 Å². The highest BCUT2D eigenvalue weighted by molar-refractivity contribution is 7.89. The quantitative estimate of drug-likeness (QED) is 0.779. The zero-order chi connectivity index (χ0) is 19.0. The van der Waals surface area contributed by atoms with Gasteiger partial charge >= 0.3 is 0 Å². The van der Waals surface area contributed by atoms with Crippen molar-refractivity contribution < 1.29 is 13.2 Å². The number of hydrogen-bond acceptors (Lipinski definition) is 3. The average Bonchev–Trinajstić information content (AvgIpc) is 2.93. The third-order valence-corrected chi connectivity index (χ3v) is 6.92. The van der Waals surface area contributed by atoms with Crippen LogP contribution in [-0.2, 0) is 27.7 Å². The molecule has 5 nitrogen and oxygen atoms in total. The van der Waals surface area contributed by atoms with Gasteiger partial charge in [-0.1, -0.05) is 30.3 Å². The van der Waals surface area contributed by atoms with Crippen molar-refractivity contribution in [2.24, 2.45) is 0 Å². The second-order valence-electron chi connectivity index (χ2n) is 7.32. The lowest BCUT2D eigenvalue weighted by Crippen LogP contribution is -2.32. The Morgan fingerprint density at radius 2 is 1.96 bits per heavy atom. The summed E-state index contributed by atoms with van der Waals surface area (Å²) < 4.78 is 28.3. The number of aryl methyl sites for hydroxylation is 2. The number of sulfonamides is 1. The highest BCUT2D eigenvalue weighted by atomic mass is 32.2. The third-order valence-electron chi connectivity index (χ3n) is 5.48. The van der Waals surface area contributed by atoms with Gasteiger partial charge in [0.1, 0.15) is 0 Å². The van der Waals surface area contributed by atoms with Gasteiger partial charge in [-0.15, -0.1) is 0 Å². The number of carbonyl (C=O) groups is 1. The van der Waals surface area contributed by atoms with E-state index in [9.17, 15) is 13.2 Å². The highest BCUT2D eigenvalue weighted by Gasteiger charge is 2.38. The number of benzene rings is 2. The summed E-state index contributed by atoms with van der Waals surface area (Å²) in [6.07, 6.45) is 3.26. The summed E-state index contributed by atoms with van der Waals surface area (Å²) in [5.41, 5.74) is 3.97. The molecule has 0 unspecified atom stereocenters. The zero-order valence-corrected chi connectivity index (χ0v) is 16.3. The highest BCUT2D eigenvalue weighted by Crippen LogP contribution is 2.43. The van der Waals surface area contributed by atoms with Gasteiger partial charge in [0, 0.05) is 13.1 Å². The van der Waals surface area contributed by atoms with Gasteiger partial charge in [0.15, 0.2) is 0 Å². The Kier molecular flexibility index (Phi) is 4.78. The van der Waals surface area contributed by atoms with Crippen LogP contribution in [0.4, 0.5) is 5.69 Å². The maximum atomic E-state index is 12.8. The largest absolute Gasteiger partial charge is 0.311 e. The van der Waals surface area contributed by atoms with E-state index in [4.69, 9.17) is 0 Å². The summed E-state index contributed by atoms with van der Waals surface area (Å²) in [4.78, 5) is 14.5. The molecular weight excluding hydrogens is 360 g/mol. The molecule has 4 rings (SSSR count). The van der Waals surface area contributed by atoms with Crippen LogP contribution >= 0.6 is 0 Å². The molecule has 1 atom stereocenters. The minimum atomic E-state index is -3.58. The third kappa shape index (κ3) is 3.39. The van der Waals surface area contributed by atoms with Crippen LogP contribution in [0, 0.1) is 0 Å². The molecule has 0 aromatic heterocycles. The summed E-state index contributed by atoms with van der Waals surface area (Å²) in [7, 11) is -3.58. The molecule has 2 aromatic carbocycles. The molecule has 2 heterocycles. The number of nitrogens with one attached hydrogen (secondary N) is 1. The second kappa shape index (κ2) is 7.09. The van der Waals surface area contributed by atoms with E-state index in [0.29, 0.717) is 6.54 Å². The monoisotopic (exact) mass is 384 g/mol. The lowest BCUT2D eigenvalue weighted by atomic mass is 9.97. The van der Waals surface area contributed by atoms with Crippen LogP contribution in [0.2, 0.25) is 0 Å². The molecule has 0 radical (unpaired) electrons. The number of amides is 1. The minimum Gasteiger partial charge on any atom is -0.311 e. The summed E-state index contributed by atoms with van der Waals surface area (Å²) in [5, 5.41) is 0. The molecule has 0 spiro atoms. The molecule has 0 bridgehead atoms. The SMILES string of the molecule is C[C@@H]1C(=O)N2CCCc3cc(S(=O)(=O)NCCCc4ccccc4)cc1c32. The van der Waals surface area contributed by atoms with Gasteiger partial charge in [-0.05, 0) is 61.4 Å². The maximum absolute atomic E-state index is 12.8. The van der Waals surface area contributed by atoms with Crippen molar-refractivity contribution in [1.29, 1.82) is 0 Å². The Morgan fingerprint density at radius 1 is 1.19 bits per heavy atom. The van der Waals surface area contributed by atoms with Crippen molar-refractivity contribution in [3.63, 3.8) is 0 Å². The summed E-state index contributed by atoms with van der Waals surface area (Å²) >= 11 is 0. The van der Waals surface area contributed by atoms with Gasteiger partial charge in [-0.3, -0.25) is 4.79 Å². The van der Waals surface area contributed by atoms with Crippen LogP contribution in [-0.4, -0.2) is 27.4 Å². The number of rotatable bonds is 6. The van der Waals surface area contributed by atoms with Crippen LogP contribution in [0.1, 0.15) is 42.4 Å². The van der Waals surface area contributed by atoms with Gasteiger partial charge in [0.2, 0.25) is 15.9 Å². The molecule has 0 saturated carbocycles. The summed E-state index contributed by atoms with van der Waals surface area (Å²) in [5.74, 6) is -0.193. The standard InChI is InChI=1S/C21H24N2O3S/c1-15-19-14-18(13-17-10-6-12-23(20(17)19)21(15)24)27(25,26)22-11-5-9-16-7-3-2-4-8-16/h2-4,7-8,13-15,22H,5-6,9-12H2,1H3/t15-/m0/s1. The first-order chi connectivity index (χ1) is 13.0. The Labute approximate surface area is 160 Å². The van der Waals surface area contributed by atoms with Gasteiger partial charge in [-0.2, -0.15) is 0 Å². The van der Waals surface area contributed by atoms with E-state index in [1.165, 1.54) is 5.56 Å². The lowest BCUT2D eigenvalue weighted by molar-refractivity contribution is -0.119. The van der Waals surface area contributed by atoms with Gasteiger partial charge < -0.3 is 4.90 Å². The first kappa shape index (κ1) is 18.2. The molecule has 0 saturated heterocycles. The fourth-order valence-corrected chi connectivity index (χ4v) is 5.21. The molecule has 0 aliphatic carbocycles. The molecule has 2 aromatic rings. The van der Waals surface area contributed by atoms with Crippen molar-refractivity contribution in [1.82, 2.24) is 4.72 Å². The Morgan fingerprint density at radius 3 is 2.74 bits per heavy atom. The minimum absolute atomic E-state index is 0.0799. The van der Waals surface area contributed by atoms with Gasteiger partial charge in [-0.25, -0.2) is 13.1 Å². The first-order valence-corrected chi connectivity index (χ1v) is 11.0. The first-order valence-electron chi connectivity index (χ1n) is 9.49. The zero-order valence-electron chi connectivity index (χ0n) is 15.4. The molecule has 0 fully saturated rings. The van der Waals surface area contributed by atoms with Crippen LogP contribution < -0.4 is 9.62 Å². The molecule has 2 aliphatic rings. The van der Waals surface area contributed by atoms with E-state index in [0.717, 1.165) is 49.0 Å². The van der Waals surface area contributed by atoms with Gasteiger partial charge in [0.25, 0.3) is 0 Å². The molecule has 1 amide bonds. The van der Waals surface area contributed by atoms with Crippen molar-refractivity contribution in [2.75, 3.05) is 18.0 Å². The smallest absolute Gasteiger partial charge is 0.240 e. The predicted octanol–water partition coefficient (Wildman–Crippen LogP) is 2.99. The van der Waals surface area contributed by atoms with Gasteiger partial charge in [0.05, 0.1) is 16.5 Å². The maximum Gasteiger partial charge on any atom is 0.240 e. The van der Waals surface area contributed by atoms with E-state index in [1.807, 2.05) is 42.2 Å². The summed E-state index contributed by atoms with van der Waals surface area (Å²) in [6.45, 7) is 2.98. The Bertz CT molecular complexity index is 970. The normalized spacial score (nSPS) is 18.6. The summed E-state index contributed by atoms with van der Waals surface area (Å²) in [6, 6.07) is 13.5. The van der Waals surface area contributed by atoms with Crippen LogP contribution in [0.3, 0.4) is 0 Å². The molecular formula is C21H24N2O3S. The average molecular weight is 385 g/mol. The number of anilines is 1. The number of carbonyl (C=O) groups excluding carboxylic acids is 1. The number of hydrogen-bond donors (Lipinski definition) is 1. The van der Waals surface area contributed by atoms with Crippen LogP contribution in [0.15, 0.2) is 47.4 Å². The van der Waals surface area contributed by atoms with Crippen molar-refractivity contribution in [2.45, 2.75) is 43.4 Å². The fraction of sp³-hybridized carbons (Fsp3) is 0.381. The Hall–Kier alpha value is -2.18. The van der Waals surface area contributed by atoms with Crippen molar-refractivity contribution in [3.05, 3.63) is 59.2 Å². The molecule has 1 N–H and O–H groups in total. The van der Waals surface area contributed by atoms with E-state index in [2.05, 4.69) is 4.72 Å². The Balaban J connectivity index is 1.50. The van der Waals surface area contributed by atoms with Crippen LogP contribution in [0.5, 0.6) is 0 Å². The second-order valence-corrected chi connectivity index (χ2v) is 9.09. The number of nitrogens with zero attached hydrogens (tertiary/aromatic N) is 1. The predicted molar refractivity (Wildman–Crippen MR) is 105 cm³/mol. The van der Waals surface area contributed by atoms with E-state index in [1.54, 1.807) is 12.1 Å². The lowest BCUT2D eigenvalue weighted by Gasteiger charge is -2.26. The molecule has 2 aliphatic heterocycles. The molecule has 6 heteroatoms.